The van der Waals surface area contributed by atoms with Crippen molar-refractivity contribution in [3.8, 4) is 10.6 Å². The molecule has 0 saturated carbocycles. The van der Waals surface area contributed by atoms with E-state index in [0.29, 0.717) is 12.2 Å². The van der Waals surface area contributed by atoms with Gasteiger partial charge in [-0.2, -0.15) is 0 Å². The Morgan fingerprint density at radius 1 is 1.32 bits per heavy atom. The minimum absolute atomic E-state index is 0.135. The first kappa shape index (κ1) is 17.7. The number of hydrogen-bond acceptors (Lipinski definition) is 5. The summed E-state index contributed by atoms with van der Waals surface area (Å²) in [5.74, 6) is -0.404. The summed E-state index contributed by atoms with van der Waals surface area (Å²) in [5, 5.41) is 5.54. The van der Waals surface area contributed by atoms with Crippen molar-refractivity contribution in [2.75, 3.05) is 39.4 Å². The van der Waals surface area contributed by atoms with Gasteiger partial charge in [-0.15, -0.1) is 11.3 Å². The van der Waals surface area contributed by atoms with Gasteiger partial charge in [0.1, 0.15) is 10.8 Å². The molecule has 2 aromatic rings. The van der Waals surface area contributed by atoms with Crippen LogP contribution in [0.25, 0.3) is 16.6 Å². The van der Waals surface area contributed by atoms with Crippen molar-refractivity contribution in [1.29, 1.82) is 0 Å². The lowest BCUT2D eigenvalue weighted by molar-refractivity contribution is -0.116. The van der Waals surface area contributed by atoms with E-state index in [-0.39, 0.29) is 11.7 Å². The van der Waals surface area contributed by atoms with E-state index in [1.165, 1.54) is 29.5 Å². The Kier molecular flexibility index (Phi) is 6.27. The molecule has 1 aliphatic heterocycles. The highest BCUT2D eigenvalue weighted by Crippen LogP contribution is 2.24. The average Bonchev–Trinajstić information content (AvgIpc) is 3.10. The van der Waals surface area contributed by atoms with Crippen LogP contribution in [0.15, 0.2) is 35.7 Å². The second kappa shape index (κ2) is 8.84. The van der Waals surface area contributed by atoms with Crippen molar-refractivity contribution in [2.45, 2.75) is 0 Å². The summed E-state index contributed by atoms with van der Waals surface area (Å²) >= 11 is 1.46. The third-order valence-corrected chi connectivity index (χ3v) is 4.76. The van der Waals surface area contributed by atoms with Crippen molar-refractivity contribution in [1.82, 2.24) is 15.2 Å². The highest BCUT2D eigenvalue weighted by atomic mass is 32.1. The number of thiazole rings is 1. The maximum absolute atomic E-state index is 13.0. The minimum Gasteiger partial charge on any atom is -0.379 e. The molecule has 0 spiro atoms. The van der Waals surface area contributed by atoms with Gasteiger partial charge in [0.2, 0.25) is 5.91 Å². The Bertz CT molecular complexity index is 724. The Balaban J connectivity index is 1.46. The molecule has 0 bridgehead atoms. The lowest BCUT2D eigenvalue weighted by Gasteiger charge is -2.26. The maximum atomic E-state index is 13.0. The van der Waals surface area contributed by atoms with Gasteiger partial charge in [0.05, 0.1) is 18.9 Å². The number of ether oxygens (including phenoxy) is 1. The molecule has 1 aliphatic rings. The third kappa shape index (κ3) is 5.45. The van der Waals surface area contributed by atoms with Gasteiger partial charge in [-0.1, -0.05) is 0 Å². The standard InChI is InChI=1S/C18H20FN3O2S/c19-15-3-1-14(2-4-15)18-21-16(13-25-18)5-6-17(23)20-7-8-22-9-11-24-12-10-22/h1-6,13H,7-12H2,(H,20,23)/b6-5+. The molecule has 132 valence electrons. The van der Waals surface area contributed by atoms with Crippen molar-refractivity contribution < 1.29 is 13.9 Å². The number of carbonyl (C=O) groups is 1. The molecule has 1 amide bonds. The summed E-state index contributed by atoms with van der Waals surface area (Å²) in [6, 6.07) is 6.21. The zero-order valence-corrected chi connectivity index (χ0v) is 14.6. The summed E-state index contributed by atoms with van der Waals surface area (Å²) in [4.78, 5) is 18.6. The van der Waals surface area contributed by atoms with Crippen LogP contribution in [-0.4, -0.2) is 55.2 Å². The minimum atomic E-state index is -0.269. The Morgan fingerprint density at radius 2 is 2.08 bits per heavy atom. The molecule has 25 heavy (non-hydrogen) atoms. The zero-order valence-electron chi connectivity index (χ0n) is 13.8. The fraction of sp³-hybridized carbons (Fsp3) is 0.333. The molecule has 1 N–H and O–H groups in total. The molecule has 1 saturated heterocycles. The molecule has 0 atom stereocenters. The van der Waals surface area contributed by atoms with Gasteiger partial charge in [-0.3, -0.25) is 9.69 Å². The van der Waals surface area contributed by atoms with Gasteiger partial charge in [0.25, 0.3) is 0 Å². The monoisotopic (exact) mass is 361 g/mol. The van der Waals surface area contributed by atoms with E-state index >= 15 is 0 Å². The zero-order chi connectivity index (χ0) is 17.5. The fourth-order valence-corrected chi connectivity index (χ4v) is 3.26. The first-order valence-corrected chi connectivity index (χ1v) is 9.06. The normalized spacial score (nSPS) is 15.6. The first-order chi connectivity index (χ1) is 12.2. The fourth-order valence-electron chi connectivity index (χ4n) is 2.47. The number of rotatable bonds is 6. The molecule has 0 aliphatic carbocycles. The Morgan fingerprint density at radius 3 is 2.84 bits per heavy atom. The van der Waals surface area contributed by atoms with Gasteiger partial charge >= 0.3 is 0 Å². The van der Waals surface area contributed by atoms with E-state index in [1.54, 1.807) is 18.2 Å². The number of nitrogens with one attached hydrogen (secondary N) is 1. The number of benzene rings is 1. The van der Waals surface area contributed by atoms with Gasteiger partial charge < -0.3 is 10.1 Å². The van der Waals surface area contributed by atoms with Gasteiger partial charge in [-0.05, 0) is 30.3 Å². The number of hydrogen-bond donors (Lipinski definition) is 1. The van der Waals surface area contributed by atoms with Crippen LogP contribution < -0.4 is 5.32 Å². The largest absolute Gasteiger partial charge is 0.379 e. The van der Waals surface area contributed by atoms with Crippen molar-refractivity contribution in [3.05, 3.63) is 47.2 Å². The van der Waals surface area contributed by atoms with E-state index in [2.05, 4.69) is 15.2 Å². The molecule has 1 aromatic heterocycles. The summed E-state index contributed by atoms with van der Waals surface area (Å²) in [6.45, 7) is 4.78. The molecule has 7 heteroatoms. The third-order valence-electron chi connectivity index (χ3n) is 3.85. The van der Waals surface area contributed by atoms with Crippen LogP contribution in [0.5, 0.6) is 0 Å². The SMILES string of the molecule is O=C(/C=C/c1csc(-c2ccc(F)cc2)n1)NCCN1CCOCC1. The van der Waals surface area contributed by atoms with Crippen molar-refractivity contribution in [2.24, 2.45) is 0 Å². The van der Waals surface area contributed by atoms with Gasteiger partial charge in [-0.25, -0.2) is 9.37 Å². The maximum Gasteiger partial charge on any atom is 0.244 e. The van der Waals surface area contributed by atoms with Crippen LogP contribution in [0.4, 0.5) is 4.39 Å². The van der Waals surface area contributed by atoms with E-state index in [1.807, 2.05) is 5.38 Å². The quantitative estimate of drug-likeness (QED) is 0.803. The Hall–Kier alpha value is -2.09. The number of nitrogens with zero attached hydrogens (tertiary/aromatic N) is 2. The van der Waals surface area contributed by atoms with Crippen LogP contribution >= 0.6 is 11.3 Å². The Labute approximate surface area is 150 Å². The highest BCUT2D eigenvalue weighted by molar-refractivity contribution is 7.13. The van der Waals surface area contributed by atoms with Crippen LogP contribution in [0.1, 0.15) is 5.69 Å². The number of aromatic nitrogens is 1. The molecular formula is C18H20FN3O2S. The molecule has 1 fully saturated rings. The van der Waals surface area contributed by atoms with Crippen LogP contribution in [0.2, 0.25) is 0 Å². The van der Waals surface area contributed by atoms with Crippen LogP contribution in [-0.2, 0) is 9.53 Å². The molecule has 0 radical (unpaired) electrons. The first-order valence-electron chi connectivity index (χ1n) is 8.18. The van der Waals surface area contributed by atoms with Crippen molar-refractivity contribution in [3.63, 3.8) is 0 Å². The molecule has 1 aromatic carbocycles. The second-order valence-corrected chi connectivity index (χ2v) is 6.52. The number of halogens is 1. The predicted molar refractivity (Wildman–Crippen MR) is 96.8 cm³/mol. The lowest BCUT2D eigenvalue weighted by Crippen LogP contribution is -2.41. The van der Waals surface area contributed by atoms with Crippen LogP contribution in [0, 0.1) is 5.82 Å². The number of amides is 1. The van der Waals surface area contributed by atoms with Crippen molar-refractivity contribution >= 4 is 23.3 Å². The molecule has 2 heterocycles. The topological polar surface area (TPSA) is 54.5 Å². The molecular weight excluding hydrogens is 341 g/mol. The molecule has 0 unspecified atom stereocenters. The highest BCUT2D eigenvalue weighted by Gasteiger charge is 2.09. The van der Waals surface area contributed by atoms with Gasteiger partial charge in [0.15, 0.2) is 0 Å². The summed E-state index contributed by atoms with van der Waals surface area (Å²) in [6.07, 6.45) is 3.18. The second-order valence-electron chi connectivity index (χ2n) is 5.66. The van der Waals surface area contributed by atoms with E-state index < -0.39 is 0 Å². The number of carbonyl (C=O) groups excluding carboxylic acids is 1. The smallest absolute Gasteiger partial charge is 0.244 e. The summed E-state index contributed by atoms with van der Waals surface area (Å²) < 4.78 is 18.2. The molecule has 5 nitrogen and oxygen atoms in total. The predicted octanol–water partition coefficient (Wildman–Crippen LogP) is 2.41. The van der Waals surface area contributed by atoms with Crippen LogP contribution in [0.3, 0.4) is 0 Å². The average molecular weight is 361 g/mol. The van der Waals surface area contributed by atoms with E-state index in [0.717, 1.165) is 43.4 Å². The summed E-state index contributed by atoms with van der Waals surface area (Å²) in [5.41, 5.74) is 1.58. The number of morpholine rings is 1. The lowest BCUT2D eigenvalue weighted by atomic mass is 10.2. The molecule has 3 rings (SSSR count). The summed E-state index contributed by atoms with van der Waals surface area (Å²) in [7, 11) is 0. The van der Waals surface area contributed by atoms with E-state index in [9.17, 15) is 9.18 Å². The van der Waals surface area contributed by atoms with Gasteiger partial charge in [0, 0.05) is 43.2 Å². The van der Waals surface area contributed by atoms with E-state index in [4.69, 9.17) is 4.74 Å².